The van der Waals surface area contributed by atoms with Crippen LogP contribution in [0, 0.1) is 11.5 Å². The van der Waals surface area contributed by atoms with Crippen molar-refractivity contribution in [1.82, 2.24) is 4.90 Å². The van der Waals surface area contributed by atoms with Gasteiger partial charge in [0.25, 0.3) is 0 Å². The first-order valence-electron chi connectivity index (χ1n) is 2.40. The first-order chi connectivity index (χ1) is 4.22. The molecule has 0 aromatic heterocycles. The zero-order chi connectivity index (χ0) is 7.28. The largest absolute Gasteiger partial charge is 0.357 e. The number of hydrogen-bond acceptors (Lipinski definition) is 3. The highest BCUT2D eigenvalue weighted by atomic mass is 32.2. The highest BCUT2D eigenvalue weighted by molar-refractivity contribution is 8.13. The summed E-state index contributed by atoms with van der Waals surface area (Å²) in [6.07, 6.45) is 3.61. The van der Waals surface area contributed by atoms with Gasteiger partial charge in [-0.15, -0.1) is 4.99 Å². The number of amidine groups is 1. The van der Waals surface area contributed by atoms with Gasteiger partial charge in [0.15, 0.2) is 5.17 Å². The van der Waals surface area contributed by atoms with E-state index in [2.05, 4.69) is 4.99 Å². The number of rotatable bonds is 0. The van der Waals surface area contributed by atoms with E-state index in [9.17, 15) is 0 Å². The zero-order valence-corrected chi connectivity index (χ0v) is 6.57. The molecule has 0 bridgehead atoms. The number of hydrogen-bond donors (Lipinski definition) is 0. The standard InChI is InChI=1S/C5H9N3S/c1-8(2)5(9-3)7-4-6/h1-3H3/b7-5-. The van der Waals surface area contributed by atoms with Gasteiger partial charge >= 0.3 is 0 Å². The Morgan fingerprint density at radius 1 is 1.67 bits per heavy atom. The van der Waals surface area contributed by atoms with Gasteiger partial charge in [-0.2, -0.15) is 5.26 Å². The lowest BCUT2D eigenvalue weighted by molar-refractivity contribution is 0.637. The minimum absolute atomic E-state index is 0.734. The topological polar surface area (TPSA) is 39.4 Å². The molecule has 4 heteroatoms. The van der Waals surface area contributed by atoms with Crippen LogP contribution in [0.4, 0.5) is 0 Å². The number of aliphatic imine (C=N–C) groups is 1. The monoisotopic (exact) mass is 143 g/mol. The molecule has 0 aliphatic rings. The molecule has 0 N–H and O–H groups in total. The lowest BCUT2D eigenvalue weighted by Gasteiger charge is -2.09. The van der Waals surface area contributed by atoms with Crippen LogP contribution >= 0.6 is 11.8 Å². The van der Waals surface area contributed by atoms with Gasteiger partial charge < -0.3 is 4.90 Å². The first-order valence-corrected chi connectivity index (χ1v) is 3.63. The summed E-state index contributed by atoms with van der Waals surface area (Å²) in [5.74, 6) is 0. The molecule has 0 amide bonds. The Morgan fingerprint density at radius 2 is 2.22 bits per heavy atom. The molecule has 0 rings (SSSR count). The molecule has 0 aliphatic heterocycles. The van der Waals surface area contributed by atoms with Gasteiger partial charge in [0.2, 0.25) is 6.19 Å². The average Bonchev–Trinajstić information content (AvgIpc) is 1.82. The molecule has 0 saturated heterocycles. The van der Waals surface area contributed by atoms with Crippen LogP contribution in [0.15, 0.2) is 4.99 Å². The van der Waals surface area contributed by atoms with E-state index in [0.29, 0.717) is 0 Å². The van der Waals surface area contributed by atoms with Gasteiger partial charge in [-0.05, 0) is 6.26 Å². The smallest absolute Gasteiger partial charge is 0.208 e. The summed E-state index contributed by atoms with van der Waals surface area (Å²) >= 11 is 1.46. The molecule has 3 nitrogen and oxygen atoms in total. The molecule has 0 aromatic carbocycles. The lowest BCUT2D eigenvalue weighted by Crippen LogP contribution is -2.17. The SMILES string of the molecule is CS/C(=N\C#N)N(C)C. The van der Waals surface area contributed by atoms with E-state index in [-0.39, 0.29) is 0 Å². The molecular weight excluding hydrogens is 134 g/mol. The third-order valence-corrected chi connectivity index (χ3v) is 1.53. The van der Waals surface area contributed by atoms with Gasteiger partial charge in [-0.25, -0.2) is 0 Å². The van der Waals surface area contributed by atoms with E-state index < -0.39 is 0 Å². The normalized spacial score (nSPS) is 10.7. The predicted molar refractivity (Wildman–Crippen MR) is 40.3 cm³/mol. The summed E-state index contributed by atoms with van der Waals surface area (Å²) in [5.41, 5.74) is 0. The molecule has 9 heavy (non-hydrogen) atoms. The van der Waals surface area contributed by atoms with Crippen molar-refractivity contribution in [2.75, 3.05) is 20.4 Å². The van der Waals surface area contributed by atoms with E-state index in [4.69, 9.17) is 5.26 Å². The van der Waals surface area contributed by atoms with Crippen LogP contribution in [0.5, 0.6) is 0 Å². The van der Waals surface area contributed by atoms with Crippen molar-refractivity contribution >= 4 is 16.9 Å². The molecule has 0 heterocycles. The maximum absolute atomic E-state index is 8.14. The van der Waals surface area contributed by atoms with Crippen LogP contribution in [0.1, 0.15) is 0 Å². The summed E-state index contributed by atoms with van der Waals surface area (Å²) in [6, 6.07) is 0. The Hall–Kier alpha value is -0.690. The highest BCUT2D eigenvalue weighted by Gasteiger charge is 1.95. The van der Waals surface area contributed by atoms with Gasteiger partial charge in [-0.1, -0.05) is 11.8 Å². The maximum Gasteiger partial charge on any atom is 0.208 e. The van der Waals surface area contributed by atoms with Crippen LogP contribution in [-0.4, -0.2) is 30.4 Å². The third kappa shape index (κ3) is 2.98. The fourth-order valence-electron chi connectivity index (χ4n) is 0.371. The van der Waals surface area contributed by atoms with Crippen LogP contribution < -0.4 is 0 Å². The lowest BCUT2D eigenvalue weighted by atomic mass is 10.9. The first kappa shape index (κ1) is 8.31. The van der Waals surface area contributed by atoms with Crippen molar-refractivity contribution in [3.63, 3.8) is 0 Å². The Morgan fingerprint density at radius 3 is 2.33 bits per heavy atom. The van der Waals surface area contributed by atoms with Crippen LogP contribution in [0.3, 0.4) is 0 Å². The number of nitrogens with zero attached hydrogens (tertiary/aromatic N) is 3. The average molecular weight is 143 g/mol. The number of nitriles is 1. The Kier molecular flexibility index (Phi) is 3.89. The molecule has 50 valence electrons. The molecule has 0 radical (unpaired) electrons. The molecule has 0 aliphatic carbocycles. The molecule has 0 aromatic rings. The van der Waals surface area contributed by atoms with Gasteiger partial charge in [0.1, 0.15) is 0 Å². The molecule has 0 unspecified atom stereocenters. The number of thioether (sulfide) groups is 1. The second-order valence-electron chi connectivity index (χ2n) is 1.59. The van der Waals surface area contributed by atoms with Crippen LogP contribution in [0.2, 0.25) is 0 Å². The summed E-state index contributed by atoms with van der Waals surface area (Å²) in [6.45, 7) is 0. The Balaban J connectivity index is 4.02. The summed E-state index contributed by atoms with van der Waals surface area (Å²) in [7, 11) is 3.71. The fraction of sp³-hybridized carbons (Fsp3) is 0.600. The van der Waals surface area contributed by atoms with Crippen molar-refractivity contribution in [3.05, 3.63) is 0 Å². The van der Waals surface area contributed by atoms with Crippen molar-refractivity contribution < 1.29 is 0 Å². The van der Waals surface area contributed by atoms with Gasteiger partial charge in [0, 0.05) is 14.1 Å². The quantitative estimate of drug-likeness (QED) is 0.285. The van der Waals surface area contributed by atoms with Gasteiger partial charge in [-0.3, -0.25) is 0 Å². The van der Waals surface area contributed by atoms with Crippen molar-refractivity contribution in [2.24, 2.45) is 4.99 Å². The van der Waals surface area contributed by atoms with Crippen molar-refractivity contribution in [1.29, 1.82) is 5.26 Å². The third-order valence-electron chi connectivity index (χ3n) is 0.711. The van der Waals surface area contributed by atoms with E-state index in [1.807, 2.05) is 20.4 Å². The summed E-state index contributed by atoms with van der Waals surface area (Å²) < 4.78 is 0. The van der Waals surface area contributed by atoms with E-state index in [1.54, 1.807) is 11.1 Å². The van der Waals surface area contributed by atoms with Crippen LogP contribution in [-0.2, 0) is 0 Å². The molecule has 0 spiro atoms. The summed E-state index contributed by atoms with van der Waals surface area (Å²) in [5, 5.41) is 8.87. The van der Waals surface area contributed by atoms with Crippen molar-refractivity contribution in [3.8, 4) is 6.19 Å². The van der Waals surface area contributed by atoms with E-state index in [0.717, 1.165) is 5.17 Å². The zero-order valence-electron chi connectivity index (χ0n) is 5.75. The molecule has 0 fully saturated rings. The Bertz CT molecular complexity index is 145. The van der Waals surface area contributed by atoms with Gasteiger partial charge in [0.05, 0.1) is 0 Å². The summed E-state index contributed by atoms with van der Waals surface area (Å²) in [4.78, 5) is 5.35. The minimum Gasteiger partial charge on any atom is -0.357 e. The minimum atomic E-state index is 0.734. The van der Waals surface area contributed by atoms with Crippen LogP contribution in [0.25, 0.3) is 0 Å². The predicted octanol–water partition coefficient (Wildman–Crippen LogP) is 0.748. The molecule has 0 atom stereocenters. The van der Waals surface area contributed by atoms with E-state index in [1.165, 1.54) is 11.8 Å². The fourth-order valence-corrected chi connectivity index (χ4v) is 0.868. The molecule has 0 saturated carbocycles. The Labute approximate surface area is 59.4 Å². The molecular formula is C5H9N3S. The van der Waals surface area contributed by atoms with Crippen molar-refractivity contribution in [2.45, 2.75) is 0 Å². The highest BCUT2D eigenvalue weighted by Crippen LogP contribution is 1.99. The second kappa shape index (κ2) is 4.21. The van der Waals surface area contributed by atoms with E-state index >= 15 is 0 Å². The second-order valence-corrected chi connectivity index (χ2v) is 2.37. The maximum atomic E-state index is 8.14.